The molecule has 2 aromatic carbocycles. The fourth-order valence-corrected chi connectivity index (χ4v) is 2.84. The second kappa shape index (κ2) is 8.22. The number of nitrogens with one attached hydrogen (secondary N) is 1. The molecule has 0 unspecified atom stereocenters. The van der Waals surface area contributed by atoms with Crippen LogP contribution in [0.5, 0.6) is 5.75 Å². The van der Waals surface area contributed by atoms with Crippen LogP contribution >= 0.6 is 11.6 Å². The molecule has 0 bridgehead atoms. The third-order valence-electron chi connectivity index (χ3n) is 3.85. The van der Waals surface area contributed by atoms with Gasteiger partial charge in [-0.1, -0.05) is 29.8 Å². The molecule has 0 spiro atoms. The maximum absolute atomic E-state index is 12.6. The SMILES string of the molecule is CC(C)Oc1ccc(NC(=O)C2=NN(c3ccccc3)C(=O)CC2)cc1Cl. The molecule has 1 heterocycles. The maximum atomic E-state index is 12.6. The molecular weight excluding hydrogens is 366 g/mol. The summed E-state index contributed by atoms with van der Waals surface area (Å²) in [4.78, 5) is 24.7. The first kappa shape index (κ1) is 18.9. The Labute approximate surface area is 162 Å². The van der Waals surface area contributed by atoms with E-state index in [1.807, 2.05) is 32.0 Å². The van der Waals surface area contributed by atoms with Gasteiger partial charge in [0, 0.05) is 18.5 Å². The third kappa shape index (κ3) is 4.65. The molecule has 0 saturated heterocycles. The quantitative estimate of drug-likeness (QED) is 0.836. The number of amides is 2. The number of para-hydroxylation sites is 1. The van der Waals surface area contributed by atoms with Gasteiger partial charge in [0.2, 0.25) is 5.91 Å². The molecule has 2 aromatic rings. The minimum absolute atomic E-state index is 0.000965. The van der Waals surface area contributed by atoms with Crippen LogP contribution in [0.15, 0.2) is 53.6 Å². The molecule has 0 aromatic heterocycles. The van der Waals surface area contributed by atoms with Gasteiger partial charge in [0.05, 0.1) is 16.8 Å². The second-order valence-corrected chi connectivity index (χ2v) is 6.76. The van der Waals surface area contributed by atoms with Gasteiger partial charge in [-0.05, 0) is 44.2 Å². The predicted octanol–water partition coefficient (Wildman–Crippen LogP) is 4.25. The molecule has 0 radical (unpaired) electrons. The van der Waals surface area contributed by atoms with E-state index in [2.05, 4.69) is 10.4 Å². The molecule has 1 aliphatic rings. The number of ether oxygens (including phenoxy) is 1. The number of carbonyl (C=O) groups is 2. The fourth-order valence-electron chi connectivity index (χ4n) is 2.62. The largest absolute Gasteiger partial charge is 0.489 e. The number of halogens is 1. The van der Waals surface area contributed by atoms with Gasteiger partial charge in [-0.15, -0.1) is 0 Å². The number of hydrogen-bond acceptors (Lipinski definition) is 4. The fraction of sp³-hybridized carbons (Fsp3) is 0.250. The van der Waals surface area contributed by atoms with E-state index in [1.165, 1.54) is 5.01 Å². The van der Waals surface area contributed by atoms with E-state index in [9.17, 15) is 9.59 Å². The van der Waals surface area contributed by atoms with Crippen LogP contribution in [-0.2, 0) is 9.59 Å². The van der Waals surface area contributed by atoms with Crippen LogP contribution in [0, 0.1) is 0 Å². The molecular formula is C20H20ClN3O3. The highest BCUT2D eigenvalue weighted by molar-refractivity contribution is 6.44. The van der Waals surface area contributed by atoms with E-state index in [0.29, 0.717) is 22.1 Å². The van der Waals surface area contributed by atoms with Crippen LogP contribution in [0.2, 0.25) is 5.02 Å². The zero-order valence-corrected chi connectivity index (χ0v) is 15.9. The van der Waals surface area contributed by atoms with Crippen molar-refractivity contribution < 1.29 is 14.3 Å². The average molecular weight is 386 g/mol. The van der Waals surface area contributed by atoms with Crippen molar-refractivity contribution in [2.75, 3.05) is 10.3 Å². The Morgan fingerprint density at radius 1 is 1.19 bits per heavy atom. The molecule has 0 saturated carbocycles. The van der Waals surface area contributed by atoms with Gasteiger partial charge in [0.25, 0.3) is 5.91 Å². The highest BCUT2D eigenvalue weighted by atomic mass is 35.5. The zero-order valence-electron chi connectivity index (χ0n) is 15.1. The van der Waals surface area contributed by atoms with Gasteiger partial charge >= 0.3 is 0 Å². The molecule has 140 valence electrons. The first-order valence-corrected chi connectivity index (χ1v) is 9.05. The van der Waals surface area contributed by atoms with Crippen LogP contribution < -0.4 is 15.1 Å². The molecule has 3 rings (SSSR count). The highest BCUT2D eigenvalue weighted by Crippen LogP contribution is 2.28. The monoisotopic (exact) mass is 385 g/mol. The lowest BCUT2D eigenvalue weighted by Crippen LogP contribution is -2.36. The summed E-state index contributed by atoms with van der Waals surface area (Å²) in [6.45, 7) is 3.82. The lowest BCUT2D eigenvalue weighted by atomic mass is 10.1. The summed E-state index contributed by atoms with van der Waals surface area (Å²) in [6.07, 6.45) is 0.514. The topological polar surface area (TPSA) is 71.0 Å². The van der Waals surface area contributed by atoms with Gasteiger partial charge in [-0.2, -0.15) is 5.10 Å². The van der Waals surface area contributed by atoms with E-state index in [1.54, 1.807) is 30.3 Å². The second-order valence-electron chi connectivity index (χ2n) is 6.35. The van der Waals surface area contributed by atoms with Gasteiger partial charge in [0.15, 0.2) is 0 Å². The summed E-state index contributed by atoms with van der Waals surface area (Å²) in [7, 11) is 0. The zero-order chi connectivity index (χ0) is 19.4. The van der Waals surface area contributed by atoms with Crippen molar-refractivity contribution in [1.82, 2.24) is 0 Å². The van der Waals surface area contributed by atoms with E-state index in [4.69, 9.17) is 16.3 Å². The van der Waals surface area contributed by atoms with Crippen molar-refractivity contribution in [3.63, 3.8) is 0 Å². The Kier molecular flexibility index (Phi) is 5.76. The summed E-state index contributed by atoms with van der Waals surface area (Å²) in [5, 5.41) is 8.69. The van der Waals surface area contributed by atoms with Crippen LogP contribution in [0.4, 0.5) is 11.4 Å². The van der Waals surface area contributed by atoms with Crippen LogP contribution in [-0.4, -0.2) is 23.6 Å². The van der Waals surface area contributed by atoms with Crippen molar-refractivity contribution in [3.05, 3.63) is 53.6 Å². The van der Waals surface area contributed by atoms with Crippen molar-refractivity contribution in [3.8, 4) is 5.75 Å². The average Bonchev–Trinajstić information content (AvgIpc) is 2.64. The summed E-state index contributed by atoms with van der Waals surface area (Å²) in [6, 6.07) is 14.1. The summed E-state index contributed by atoms with van der Waals surface area (Å²) in [5.41, 5.74) is 1.45. The Balaban J connectivity index is 1.76. The maximum Gasteiger partial charge on any atom is 0.271 e. The summed E-state index contributed by atoms with van der Waals surface area (Å²) in [5.74, 6) is 0.0496. The number of carbonyl (C=O) groups excluding carboxylic acids is 2. The highest BCUT2D eigenvalue weighted by Gasteiger charge is 2.25. The van der Waals surface area contributed by atoms with E-state index >= 15 is 0 Å². The molecule has 0 fully saturated rings. The molecule has 0 aliphatic carbocycles. The van der Waals surface area contributed by atoms with Crippen molar-refractivity contribution in [1.29, 1.82) is 0 Å². The minimum atomic E-state index is -0.364. The number of hydrazone groups is 1. The Bertz CT molecular complexity index is 881. The van der Waals surface area contributed by atoms with Gasteiger partial charge in [0.1, 0.15) is 11.5 Å². The standard InChI is InChI=1S/C20H20ClN3O3/c1-13(2)27-18-10-8-14(12-16(18)21)22-20(26)17-9-11-19(25)24(23-17)15-6-4-3-5-7-15/h3-8,10,12-13H,9,11H2,1-2H3,(H,22,26). The van der Waals surface area contributed by atoms with Gasteiger partial charge in [-0.25, -0.2) is 5.01 Å². The van der Waals surface area contributed by atoms with E-state index < -0.39 is 0 Å². The molecule has 1 N–H and O–H groups in total. The molecule has 2 amide bonds. The first-order valence-electron chi connectivity index (χ1n) is 8.67. The van der Waals surface area contributed by atoms with E-state index in [-0.39, 0.29) is 36.5 Å². The van der Waals surface area contributed by atoms with Crippen molar-refractivity contribution in [2.24, 2.45) is 5.10 Å². The minimum Gasteiger partial charge on any atom is -0.489 e. The van der Waals surface area contributed by atoms with Crippen LogP contribution in [0.25, 0.3) is 0 Å². The number of anilines is 2. The van der Waals surface area contributed by atoms with Crippen LogP contribution in [0.3, 0.4) is 0 Å². The third-order valence-corrected chi connectivity index (χ3v) is 4.14. The lowest BCUT2D eigenvalue weighted by Gasteiger charge is -2.23. The summed E-state index contributed by atoms with van der Waals surface area (Å²) >= 11 is 6.21. The predicted molar refractivity (Wildman–Crippen MR) is 106 cm³/mol. The molecule has 6 nitrogen and oxygen atoms in total. The normalized spacial score (nSPS) is 14.1. The number of nitrogens with zero attached hydrogens (tertiary/aromatic N) is 2. The Morgan fingerprint density at radius 2 is 1.93 bits per heavy atom. The molecule has 0 atom stereocenters. The van der Waals surface area contributed by atoms with Crippen molar-refractivity contribution in [2.45, 2.75) is 32.8 Å². The molecule has 27 heavy (non-hydrogen) atoms. The smallest absolute Gasteiger partial charge is 0.271 e. The molecule has 1 aliphatic heterocycles. The van der Waals surface area contributed by atoms with Crippen LogP contribution in [0.1, 0.15) is 26.7 Å². The number of rotatable bonds is 5. The lowest BCUT2D eigenvalue weighted by molar-refractivity contribution is -0.118. The first-order chi connectivity index (χ1) is 12.9. The van der Waals surface area contributed by atoms with Crippen molar-refractivity contribution >= 4 is 40.5 Å². The summed E-state index contributed by atoms with van der Waals surface area (Å²) < 4.78 is 5.58. The number of benzene rings is 2. The number of hydrogen-bond donors (Lipinski definition) is 1. The van der Waals surface area contributed by atoms with Gasteiger partial charge in [-0.3, -0.25) is 9.59 Å². The Morgan fingerprint density at radius 3 is 2.59 bits per heavy atom. The molecule has 7 heteroatoms. The Hall–Kier alpha value is -2.86. The van der Waals surface area contributed by atoms with E-state index in [0.717, 1.165) is 0 Å². The van der Waals surface area contributed by atoms with Gasteiger partial charge < -0.3 is 10.1 Å².